The molecule has 1 fully saturated rings. The van der Waals surface area contributed by atoms with Gasteiger partial charge < -0.3 is 9.88 Å². The molecule has 0 atom stereocenters. The van der Waals surface area contributed by atoms with Crippen molar-refractivity contribution in [2.45, 2.75) is 6.04 Å². The number of aromatic nitrogens is 4. The van der Waals surface area contributed by atoms with Crippen LogP contribution in [0.15, 0.2) is 41.6 Å². The van der Waals surface area contributed by atoms with Crippen molar-refractivity contribution in [3.05, 3.63) is 52.2 Å². The molecule has 0 aromatic carbocycles. The number of hydrogen-bond acceptors (Lipinski definition) is 4. The van der Waals surface area contributed by atoms with Crippen molar-refractivity contribution in [1.82, 2.24) is 19.7 Å². The maximum atomic E-state index is 11.7. The average molecular weight is 302 g/mol. The minimum absolute atomic E-state index is 0.137. The summed E-state index contributed by atoms with van der Waals surface area (Å²) in [5.74, 6) is 0. The van der Waals surface area contributed by atoms with E-state index in [0.29, 0.717) is 10.7 Å². The van der Waals surface area contributed by atoms with Crippen LogP contribution in [0.2, 0.25) is 5.02 Å². The highest BCUT2D eigenvalue weighted by molar-refractivity contribution is 6.30. The maximum Gasteiger partial charge on any atom is 0.251 e. The Morgan fingerprint density at radius 2 is 2.24 bits per heavy atom. The van der Waals surface area contributed by atoms with E-state index in [9.17, 15) is 4.79 Å². The van der Waals surface area contributed by atoms with Crippen LogP contribution in [-0.4, -0.2) is 32.8 Å². The second-order valence-electron chi connectivity index (χ2n) is 5.12. The molecule has 3 aromatic rings. The highest BCUT2D eigenvalue weighted by atomic mass is 35.5. The number of H-pyrrole nitrogens is 1. The fourth-order valence-corrected chi connectivity index (χ4v) is 2.81. The molecule has 0 amide bonds. The van der Waals surface area contributed by atoms with Gasteiger partial charge in [0.1, 0.15) is 5.65 Å². The number of nitrogens with zero attached hydrogens (tertiary/aromatic N) is 4. The fourth-order valence-electron chi connectivity index (χ4n) is 2.66. The molecule has 0 bridgehead atoms. The molecule has 7 heteroatoms. The Bertz CT molecular complexity index is 865. The lowest BCUT2D eigenvalue weighted by molar-refractivity contribution is 0.369. The van der Waals surface area contributed by atoms with Crippen molar-refractivity contribution in [1.29, 1.82) is 0 Å². The van der Waals surface area contributed by atoms with Gasteiger partial charge in [0, 0.05) is 36.9 Å². The Kier molecular flexibility index (Phi) is 2.71. The van der Waals surface area contributed by atoms with E-state index in [0.717, 1.165) is 24.2 Å². The van der Waals surface area contributed by atoms with Gasteiger partial charge >= 0.3 is 0 Å². The molecule has 0 spiro atoms. The monoisotopic (exact) mass is 301 g/mol. The smallest absolute Gasteiger partial charge is 0.251 e. The minimum atomic E-state index is -0.137. The summed E-state index contributed by atoms with van der Waals surface area (Å²) >= 11 is 5.89. The fraction of sp³-hybridized carbons (Fsp3) is 0.214. The summed E-state index contributed by atoms with van der Waals surface area (Å²) in [6.07, 6.45) is 5.13. The van der Waals surface area contributed by atoms with Gasteiger partial charge in [0.05, 0.1) is 22.9 Å². The average Bonchev–Trinajstić information content (AvgIpc) is 2.83. The molecule has 1 N–H and O–H groups in total. The van der Waals surface area contributed by atoms with Gasteiger partial charge in [0.25, 0.3) is 5.56 Å². The normalized spacial score (nSPS) is 15.4. The van der Waals surface area contributed by atoms with Gasteiger partial charge in [-0.15, -0.1) is 0 Å². The molecule has 4 heterocycles. The van der Waals surface area contributed by atoms with Crippen LogP contribution >= 0.6 is 11.6 Å². The van der Waals surface area contributed by atoms with Gasteiger partial charge in [0.2, 0.25) is 0 Å². The molecule has 21 heavy (non-hydrogen) atoms. The lowest BCUT2D eigenvalue weighted by Crippen LogP contribution is -2.48. The van der Waals surface area contributed by atoms with Gasteiger partial charge in [-0.3, -0.25) is 9.48 Å². The number of rotatable bonds is 2. The van der Waals surface area contributed by atoms with Crippen molar-refractivity contribution < 1.29 is 0 Å². The van der Waals surface area contributed by atoms with E-state index in [2.05, 4.69) is 20.0 Å². The number of aromatic amines is 1. The number of fused-ring (bicyclic) bond motifs is 1. The third kappa shape index (κ3) is 2.08. The van der Waals surface area contributed by atoms with Crippen molar-refractivity contribution >= 4 is 28.3 Å². The molecule has 106 valence electrons. The standard InChI is InChI=1S/C14H12ClN5O/c15-9-5-17-20(6-9)10-7-19(8-10)12-4-13(21)18-14-11(12)2-1-3-16-14/h1-6,10H,7-8H2,(H,16,18,21). The Balaban J connectivity index is 1.65. The molecule has 3 aromatic heterocycles. The zero-order chi connectivity index (χ0) is 14.4. The lowest BCUT2D eigenvalue weighted by Gasteiger charge is -2.41. The Morgan fingerprint density at radius 3 is 3.00 bits per heavy atom. The predicted molar refractivity (Wildman–Crippen MR) is 80.9 cm³/mol. The van der Waals surface area contributed by atoms with Crippen LogP contribution in [0.1, 0.15) is 6.04 Å². The quantitative estimate of drug-likeness (QED) is 0.784. The van der Waals surface area contributed by atoms with Crippen LogP contribution in [0.5, 0.6) is 0 Å². The van der Waals surface area contributed by atoms with E-state index in [1.807, 2.05) is 23.0 Å². The van der Waals surface area contributed by atoms with Crippen molar-refractivity contribution in [3.8, 4) is 0 Å². The topological polar surface area (TPSA) is 66.8 Å². The van der Waals surface area contributed by atoms with E-state index in [1.54, 1.807) is 18.5 Å². The van der Waals surface area contributed by atoms with Crippen LogP contribution in [0.4, 0.5) is 5.69 Å². The summed E-state index contributed by atoms with van der Waals surface area (Å²) < 4.78 is 1.87. The lowest BCUT2D eigenvalue weighted by atomic mass is 10.1. The number of anilines is 1. The molecule has 0 unspecified atom stereocenters. The maximum absolute atomic E-state index is 11.7. The van der Waals surface area contributed by atoms with E-state index < -0.39 is 0 Å². The molecule has 0 radical (unpaired) electrons. The minimum Gasteiger partial charge on any atom is -0.366 e. The van der Waals surface area contributed by atoms with Gasteiger partial charge in [-0.2, -0.15) is 5.10 Å². The molecular weight excluding hydrogens is 290 g/mol. The molecule has 1 aliphatic rings. The van der Waals surface area contributed by atoms with E-state index >= 15 is 0 Å². The van der Waals surface area contributed by atoms with Crippen molar-refractivity contribution in [3.63, 3.8) is 0 Å². The first-order valence-corrected chi connectivity index (χ1v) is 7.01. The third-order valence-electron chi connectivity index (χ3n) is 3.74. The molecule has 6 nitrogen and oxygen atoms in total. The summed E-state index contributed by atoms with van der Waals surface area (Å²) in [6.45, 7) is 1.59. The van der Waals surface area contributed by atoms with Gasteiger partial charge in [0.15, 0.2) is 0 Å². The number of pyridine rings is 2. The second-order valence-corrected chi connectivity index (χ2v) is 5.55. The van der Waals surface area contributed by atoms with Crippen LogP contribution in [-0.2, 0) is 0 Å². The van der Waals surface area contributed by atoms with E-state index in [4.69, 9.17) is 11.6 Å². The van der Waals surface area contributed by atoms with Crippen LogP contribution in [0.3, 0.4) is 0 Å². The van der Waals surface area contributed by atoms with Gasteiger partial charge in [-0.25, -0.2) is 4.98 Å². The van der Waals surface area contributed by atoms with Gasteiger partial charge in [-0.1, -0.05) is 11.6 Å². The summed E-state index contributed by atoms with van der Waals surface area (Å²) in [7, 11) is 0. The predicted octanol–water partition coefficient (Wildman–Crippen LogP) is 1.83. The second kappa shape index (κ2) is 4.60. The van der Waals surface area contributed by atoms with E-state index in [1.165, 1.54) is 0 Å². The van der Waals surface area contributed by atoms with E-state index in [-0.39, 0.29) is 11.6 Å². The number of hydrogen-bond donors (Lipinski definition) is 1. The first-order valence-electron chi connectivity index (χ1n) is 6.63. The number of halogens is 1. The molecule has 1 saturated heterocycles. The first kappa shape index (κ1) is 12.4. The highest BCUT2D eigenvalue weighted by Gasteiger charge is 2.30. The molecule has 0 aliphatic carbocycles. The largest absolute Gasteiger partial charge is 0.366 e. The zero-order valence-corrected chi connectivity index (χ0v) is 11.8. The molecule has 1 aliphatic heterocycles. The zero-order valence-electron chi connectivity index (χ0n) is 11.0. The van der Waals surface area contributed by atoms with Crippen LogP contribution < -0.4 is 10.5 Å². The number of nitrogens with one attached hydrogen (secondary N) is 1. The molecular formula is C14H12ClN5O. The van der Waals surface area contributed by atoms with Crippen molar-refractivity contribution in [2.24, 2.45) is 0 Å². The summed E-state index contributed by atoms with van der Waals surface area (Å²) in [6, 6.07) is 5.74. The van der Waals surface area contributed by atoms with Gasteiger partial charge in [-0.05, 0) is 12.1 Å². The summed E-state index contributed by atoms with van der Waals surface area (Å²) in [5, 5.41) is 5.81. The Morgan fingerprint density at radius 1 is 1.38 bits per heavy atom. The van der Waals surface area contributed by atoms with Crippen molar-refractivity contribution in [2.75, 3.05) is 18.0 Å². The Labute approximate surface area is 125 Å². The first-order chi connectivity index (χ1) is 10.2. The third-order valence-corrected chi connectivity index (χ3v) is 3.94. The Hall–Kier alpha value is -2.34. The SMILES string of the molecule is O=c1cc(N2CC(n3cc(Cl)cn3)C2)c2cccnc2[nH]1. The summed E-state index contributed by atoms with van der Waals surface area (Å²) in [4.78, 5) is 20.9. The summed E-state index contributed by atoms with van der Waals surface area (Å²) in [5.41, 5.74) is 1.39. The molecule has 4 rings (SSSR count). The van der Waals surface area contributed by atoms with Crippen LogP contribution in [0, 0.1) is 0 Å². The van der Waals surface area contributed by atoms with Crippen LogP contribution in [0.25, 0.3) is 11.0 Å². The molecule has 0 saturated carbocycles. The highest BCUT2D eigenvalue weighted by Crippen LogP contribution is 2.31.